The van der Waals surface area contributed by atoms with Crippen LogP contribution in [0.1, 0.15) is 29.9 Å². The summed E-state index contributed by atoms with van der Waals surface area (Å²) in [5, 5.41) is 8.19. The van der Waals surface area contributed by atoms with Gasteiger partial charge in [-0.3, -0.25) is 9.69 Å². The minimum Gasteiger partial charge on any atom is -0.347 e. The number of rotatable bonds is 4. The van der Waals surface area contributed by atoms with Crippen molar-refractivity contribution in [1.82, 2.24) is 20.0 Å². The fraction of sp³-hybridized carbons (Fsp3) is 0.278. The molecule has 2 heterocycles. The number of thiocarbonyl (C=S) groups is 1. The van der Waals surface area contributed by atoms with E-state index in [2.05, 4.69) is 17.0 Å². The highest BCUT2D eigenvalue weighted by atomic mass is 32.1. The lowest BCUT2D eigenvalue weighted by Crippen LogP contribution is -2.32. The molecule has 1 aromatic heterocycles. The summed E-state index contributed by atoms with van der Waals surface area (Å²) >= 11 is 5.33. The zero-order chi connectivity index (χ0) is 17.4. The highest BCUT2D eigenvalue weighted by Gasteiger charge is 2.39. The largest absolute Gasteiger partial charge is 0.347 e. The molecule has 1 aromatic carbocycles. The molecule has 1 fully saturated rings. The molecule has 5 nitrogen and oxygen atoms in total. The molecule has 1 aliphatic rings. The minimum absolute atomic E-state index is 0.0539. The van der Waals surface area contributed by atoms with E-state index in [9.17, 15) is 4.79 Å². The minimum atomic E-state index is -0.491. The average molecular weight is 340 g/mol. The van der Waals surface area contributed by atoms with E-state index >= 15 is 0 Å². The third-order valence-electron chi connectivity index (χ3n) is 4.09. The fourth-order valence-corrected chi connectivity index (χ4v) is 3.30. The molecule has 1 N–H and O–H groups in total. The van der Waals surface area contributed by atoms with Crippen LogP contribution < -0.4 is 5.32 Å². The van der Waals surface area contributed by atoms with Crippen molar-refractivity contribution in [2.45, 2.75) is 26.8 Å². The molecule has 24 heavy (non-hydrogen) atoms. The molecule has 3 rings (SSSR count). The van der Waals surface area contributed by atoms with Gasteiger partial charge in [0.1, 0.15) is 6.04 Å². The molecule has 124 valence electrons. The Morgan fingerprint density at radius 2 is 2.00 bits per heavy atom. The number of hydrogen-bond donors (Lipinski definition) is 1. The first-order valence-corrected chi connectivity index (χ1v) is 8.18. The van der Waals surface area contributed by atoms with E-state index in [4.69, 9.17) is 12.2 Å². The van der Waals surface area contributed by atoms with Gasteiger partial charge >= 0.3 is 0 Å². The molecule has 0 unspecified atom stereocenters. The van der Waals surface area contributed by atoms with Gasteiger partial charge in [0.2, 0.25) is 0 Å². The topological polar surface area (TPSA) is 50.2 Å². The number of para-hydroxylation sites is 1. The highest BCUT2D eigenvalue weighted by molar-refractivity contribution is 7.80. The fourth-order valence-electron chi connectivity index (χ4n) is 3.03. The zero-order valence-electron chi connectivity index (χ0n) is 14.0. The summed E-state index contributed by atoms with van der Waals surface area (Å²) in [5.74, 6) is -0.0539. The number of aromatic nitrogens is 2. The molecular weight excluding hydrogens is 320 g/mol. The lowest BCUT2D eigenvalue weighted by molar-refractivity contribution is -0.127. The Hall–Kier alpha value is -2.47. The predicted octanol–water partition coefficient (Wildman–Crippen LogP) is 2.82. The standard InChI is InChI=1S/C18H20N4OS/c1-11(2)10-21-17(23)16(19-18(21)24)15-12(3)20-22(13(15)4)14-8-6-5-7-9-14/h5-9,16H,1,10H2,2-4H3,(H,19,24)/t16-/m1/s1. The Balaban J connectivity index is 1.99. The van der Waals surface area contributed by atoms with Crippen LogP contribution in [0.2, 0.25) is 0 Å². The first-order chi connectivity index (χ1) is 11.4. The van der Waals surface area contributed by atoms with Crippen molar-refractivity contribution in [1.29, 1.82) is 0 Å². The monoisotopic (exact) mass is 340 g/mol. The lowest BCUT2D eigenvalue weighted by atomic mass is 10.0. The number of nitrogens with zero attached hydrogens (tertiary/aromatic N) is 3. The Morgan fingerprint density at radius 3 is 2.62 bits per heavy atom. The van der Waals surface area contributed by atoms with E-state index in [1.165, 1.54) is 0 Å². The predicted molar refractivity (Wildman–Crippen MR) is 98.0 cm³/mol. The Bertz CT molecular complexity index is 825. The van der Waals surface area contributed by atoms with Crippen molar-refractivity contribution in [3.8, 4) is 5.69 Å². The van der Waals surface area contributed by atoms with Crippen molar-refractivity contribution in [2.24, 2.45) is 0 Å². The number of nitrogens with one attached hydrogen (secondary N) is 1. The van der Waals surface area contributed by atoms with Crippen LogP contribution in [0.15, 0.2) is 42.5 Å². The third kappa shape index (κ3) is 2.73. The van der Waals surface area contributed by atoms with E-state index in [-0.39, 0.29) is 5.91 Å². The number of carbonyl (C=O) groups is 1. The maximum Gasteiger partial charge on any atom is 0.256 e. The van der Waals surface area contributed by atoms with Crippen molar-refractivity contribution < 1.29 is 4.79 Å². The first kappa shape index (κ1) is 16.4. The van der Waals surface area contributed by atoms with Gasteiger partial charge in [-0.1, -0.05) is 30.4 Å². The summed E-state index contributed by atoms with van der Waals surface area (Å²) in [4.78, 5) is 14.4. The SMILES string of the molecule is C=C(C)CN1C(=O)[C@@H](c2c(C)nn(-c3ccccc3)c2C)NC1=S. The van der Waals surface area contributed by atoms with Crippen LogP contribution in [0.5, 0.6) is 0 Å². The Morgan fingerprint density at radius 1 is 1.33 bits per heavy atom. The number of benzene rings is 1. The molecule has 6 heteroatoms. The molecule has 1 saturated heterocycles. The summed E-state index contributed by atoms with van der Waals surface area (Å²) in [5.41, 5.74) is 4.50. The molecule has 1 aliphatic heterocycles. The maximum absolute atomic E-state index is 12.8. The molecular formula is C18H20N4OS. The van der Waals surface area contributed by atoms with Crippen LogP contribution in [-0.4, -0.2) is 32.2 Å². The van der Waals surface area contributed by atoms with Crippen molar-refractivity contribution in [3.63, 3.8) is 0 Å². The van der Waals surface area contributed by atoms with Gasteiger partial charge in [-0.25, -0.2) is 4.68 Å². The lowest BCUT2D eigenvalue weighted by Gasteiger charge is -2.14. The van der Waals surface area contributed by atoms with Gasteiger partial charge in [0.25, 0.3) is 5.91 Å². The summed E-state index contributed by atoms with van der Waals surface area (Å²) < 4.78 is 1.87. The van der Waals surface area contributed by atoms with Gasteiger partial charge in [-0.2, -0.15) is 5.10 Å². The van der Waals surface area contributed by atoms with Crippen LogP contribution >= 0.6 is 12.2 Å². The van der Waals surface area contributed by atoms with Crippen molar-refractivity contribution >= 4 is 23.2 Å². The quantitative estimate of drug-likeness (QED) is 0.687. The van der Waals surface area contributed by atoms with E-state index in [0.29, 0.717) is 11.7 Å². The highest BCUT2D eigenvalue weighted by Crippen LogP contribution is 2.29. The number of aryl methyl sites for hydroxylation is 1. The second-order valence-corrected chi connectivity index (χ2v) is 6.48. The maximum atomic E-state index is 12.8. The molecule has 2 aromatic rings. The van der Waals surface area contributed by atoms with Gasteiger partial charge in [0.05, 0.1) is 11.4 Å². The number of amides is 1. The molecule has 0 saturated carbocycles. The van der Waals surface area contributed by atoms with Gasteiger partial charge in [-0.15, -0.1) is 0 Å². The summed E-state index contributed by atoms with van der Waals surface area (Å²) in [6, 6.07) is 9.39. The van der Waals surface area contributed by atoms with Gasteiger partial charge in [0, 0.05) is 17.8 Å². The molecule has 1 amide bonds. The summed E-state index contributed by atoms with van der Waals surface area (Å²) in [7, 11) is 0. The first-order valence-electron chi connectivity index (χ1n) is 7.78. The van der Waals surface area contributed by atoms with E-state index in [1.807, 2.05) is 55.8 Å². The van der Waals surface area contributed by atoms with Gasteiger partial charge in [-0.05, 0) is 45.1 Å². The van der Waals surface area contributed by atoms with Gasteiger partial charge < -0.3 is 5.32 Å². The van der Waals surface area contributed by atoms with Crippen LogP contribution in [0.25, 0.3) is 5.69 Å². The van der Waals surface area contributed by atoms with Crippen LogP contribution in [-0.2, 0) is 4.79 Å². The molecule has 0 bridgehead atoms. The van der Waals surface area contributed by atoms with Gasteiger partial charge in [0.15, 0.2) is 5.11 Å². The van der Waals surface area contributed by atoms with Crippen LogP contribution in [0.4, 0.5) is 0 Å². The smallest absolute Gasteiger partial charge is 0.256 e. The Kier molecular flexibility index (Phi) is 4.24. The van der Waals surface area contributed by atoms with Crippen molar-refractivity contribution in [3.05, 3.63) is 59.4 Å². The molecule has 0 radical (unpaired) electrons. The van der Waals surface area contributed by atoms with Crippen molar-refractivity contribution in [2.75, 3.05) is 6.54 Å². The average Bonchev–Trinajstić information content (AvgIpc) is 2.98. The molecule has 0 aliphatic carbocycles. The van der Waals surface area contributed by atoms with E-state index in [1.54, 1.807) is 4.90 Å². The molecule has 1 atom stereocenters. The Labute approximate surface area is 147 Å². The zero-order valence-corrected chi connectivity index (χ0v) is 14.9. The van der Waals surface area contributed by atoms with Crippen LogP contribution in [0, 0.1) is 13.8 Å². The second kappa shape index (κ2) is 6.20. The molecule has 0 spiro atoms. The normalized spacial score (nSPS) is 17.3. The third-order valence-corrected chi connectivity index (χ3v) is 4.43. The second-order valence-electron chi connectivity index (χ2n) is 6.10. The summed E-state index contributed by atoms with van der Waals surface area (Å²) in [6.07, 6.45) is 0. The van der Waals surface area contributed by atoms with E-state index < -0.39 is 6.04 Å². The van der Waals surface area contributed by atoms with E-state index in [0.717, 1.165) is 28.2 Å². The van der Waals surface area contributed by atoms with Crippen LogP contribution in [0.3, 0.4) is 0 Å². The number of carbonyl (C=O) groups excluding carboxylic acids is 1. The summed E-state index contributed by atoms with van der Waals surface area (Å²) in [6.45, 7) is 10.1. The number of hydrogen-bond acceptors (Lipinski definition) is 3.